The lowest BCUT2D eigenvalue weighted by Gasteiger charge is -2.21. The second-order valence-corrected chi connectivity index (χ2v) is 5.51. The molecule has 1 heterocycles. The monoisotopic (exact) mass is 246 g/mol. The quantitative estimate of drug-likeness (QED) is 0.805. The summed E-state index contributed by atoms with van der Waals surface area (Å²) in [5, 5.41) is 2.21. The first-order valence-corrected chi connectivity index (χ1v) is 6.80. The fourth-order valence-electron chi connectivity index (χ4n) is 2.21. The second kappa shape index (κ2) is 4.49. The molecule has 1 aliphatic carbocycles. The highest BCUT2D eigenvalue weighted by molar-refractivity contribution is 7.20. The van der Waals surface area contributed by atoms with Crippen molar-refractivity contribution >= 4 is 27.2 Å². The van der Waals surface area contributed by atoms with Gasteiger partial charge in [-0.05, 0) is 30.4 Å². The van der Waals surface area contributed by atoms with Crippen molar-refractivity contribution in [2.45, 2.75) is 31.8 Å². The summed E-state index contributed by atoms with van der Waals surface area (Å²) in [7, 11) is 0. The van der Waals surface area contributed by atoms with Gasteiger partial charge in [-0.1, -0.05) is 29.5 Å². The first-order valence-electron chi connectivity index (χ1n) is 5.98. The zero-order valence-electron chi connectivity index (χ0n) is 9.52. The Bertz CT molecular complexity index is 501. The maximum Gasteiger partial charge on any atom is 0.175 e. The molecule has 0 amide bonds. The first kappa shape index (κ1) is 10.8. The molecule has 88 valence electrons. The van der Waals surface area contributed by atoms with Crippen LogP contribution in [0.15, 0.2) is 30.3 Å². The number of ether oxygens (including phenoxy) is 1. The highest BCUT2D eigenvalue weighted by Crippen LogP contribution is 2.33. The van der Waals surface area contributed by atoms with Crippen molar-refractivity contribution in [3.8, 4) is 5.06 Å². The molecule has 0 unspecified atom stereocenters. The molecule has 0 atom stereocenters. The lowest BCUT2D eigenvalue weighted by molar-refractivity contribution is -0.121. The van der Waals surface area contributed by atoms with Crippen LogP contribution in [0.4, 0.5) is 0 Å². The predicted octanol–water partition coefficient (Wildman–Crippen LogP) is 3.79. The Morgan fingerprint density at radius 1 is 1.18 bits per heavy atom. The number of ketones is 1. The number of benzene rings is 1. The molecule has 2 aromatic rings. The SMILES string of the molecule is O=C1CCC(Oc2cc3ccccc3s2)CC1. The van der Waals surface area contributed by atoms with E-state index in [0.29, 0.717) is 18.6 Å². The zero-order valence-corrected chi connectivity index (χ0v) is 10.3. The van der Waals surface area contributed by atoms with E-state index in [1.165, 1.54) is 10.1 Å². The van der Waals surface area contributed by atoms with Crippen molar-refractivity contribution in [1.29, 1.82) is 0 Å². The number of Topliss-reactive ketones (excluding diaryl/α,β-unsaturated/α-hetero) is 1. The van der Waals surface area contributed by atoms with Gasteiger partial charge in [0.2, 0.25) is 0 Å². The van der Waals surface area contributed by atoms with Crippen LogP contribution in [0.1, 0.15) is 25.7 Å². The minimum absolute atomic E-state index is 0.223. The summed E-state index contributed by atoms with van der Waals surface area (Å²) in [6.45, 7) is 0. The topological polar surface area (TPSA) is 26.3 Å². The minimum Gasteiger partial charge on any atom is -0.481 e. The van der Waals surface area contributed by atoms with E-state index in [4.69, 9.17) is 4.74 Å². The molecule has 1 saturated carbocycles. The smallest absolute Gasteiger partial charge is 0.175 e. The lowest BCUT2D eigenvalue weighted by Crippen LogP contribution is -2.23. The minimum atomic E-state index is 0.223. The van der Waals surface area contributed by atoms with Crippen molar-refractivity contribution < 1.29 is 9.53 Å². The average Bonchev–Trinajstić information content (AvgIpc) is 2.74. The van der Waals surface area contributed by atoms with Gasteiger partial charge in [0.05, 0.1) is 0 Å². The molecular weight excluding hydrogens is 232 g/mol. The van der Waals surface area contributed by atoms with Crippen LogP contribution in [0.2, 0.25) is 0 Å². The Labute approximate surface area is 104 Å². The number of carbonyl (C=O) groups excluding carboxylic acids is 1. The number of fused-ring (bicyclic) bond motifs is 1. The molecule has 1 aromatic heterocycles. The van der Waals surface area contributed by atoms with Crippen molar-refractivity contribution in [2.24, 2.45) is 0 Å². The Hall–Kier alpha value is -1.35. The maximum absolute atomic E-state index is 11.1. The van der Waals surface area contributed by atoms with Crippen LogP contribution in [-0.4, -0.2) is 11.9 Å². The van der Waals surface area contributed by atoms with Gasteiger partial charge in [-0.15, -0.1) is 0 Å². The summed E-state index contributed by atoms with van der Waals surface area (Å²) in [5.41, 5.74) is 0. The summed E-state index contributed by atoms with van der Waals surface area (Å²) < 4.78 is 7.21. The van der Waals surface area contributed by atoms with Crippen LogP contribution in [0.25, 0.3) is 10.1 Å². The van der Waals surface area contributed by atoms with E-state index in [0.717, 1.165) is 17.9 Å². The van der Waals surface area contributed by atoms with Gasteiger partial charge in [0.25, 0.3) is 0 Å². The van der Waals surface area contributed by atoms with Gasteiger partial charge in [-0.3, -0.25) is 4.79 Å². The van der Waals surface area contributed by atoms with Crippen LogP contribution >= 0.6 is 11.3 Å². The van der Waals surface area contributed by atoms with E-state index >= 15 is 0 Å². The fraction of sp³-hybridized carbons (Fsp3) is 0.357. The van der Waals surface area contributed by atoms with E-state index in [-0.39, 0.29) is 6.10 Å². The van der Waals surface area contributed by atoms with Gasteiger partial charge in [-0.25, -0.2) is 0 Å². The van der Waals surface area contributed by atoms with Crippen molar-refractivity contribution in [1.82, 2.24) is 0 Å². The average molecular weight is 246 g/mol. The third-order valence-electron chi connectivity index (χ3n) is 3.18. The molecule has 0 saturated heterocycles. The predicted molar refractivity (Wildman–Crippen MR) is 69.7 cm³/mol. The first-order chi connectivity index (χ1) is 8.31. The third kappa shape index (κ3) is 2.34. The Morgan fingerprint density at radius 2 is 1.94 bits per heavy atom. The van der Waals surface area contributed by atoms with Crippen LogP contribution < -0.4 is 4.74 Å². The molecule has 3 rings (SSSR count). The van der Waals surface area contributed by atoms with Crippen molar-refractivity contribution in [3.63, 3.8) is 0 Å². The van der Waals surface area contributed by atoms with Gasteiger partial charge in [0.1, 0.15) is 11.9 Å². The van der Waals surface area contributed by atoms with Crippen molar-refractivity contribution in [3.05, 3.63) is 30.3 Å². The van der Waals surface area contributed by atoms with Crippen LogP contribution in [0.5, 0.6) is 5.06 Å². The van der Waals surface area contributed by atoms with Gasteiger partial charge in [0.15, 0.2) is 5.06 Å². The highest BCUT2D eigenvalue weighted by atomic mass is 32.1. The Morgan fingerprint density at radius 3 is 2.71 bits per heavy atom. The van der Waals surface area contributed by atoms with E-state index in [1.807, 2.05) is 12.1 Å². The Kier molecular flexibility index (Phi) is 2.85. The van der Waals surface area contributed by atoms with Crippen LogP contribution in [0, 0.1) is 0 Å². The third-order valence-corrected chi connectivity index (χ3v) is 4.18. The number of hydrogen-bond donors (Lipinski definition) is 0. The fourth-order valence-corrected chi connectivity index (χ4v) is 3.19. The number of rotatable bonds is 2. The molecule has 0 spiro atoms. The van der Waals surface area contributed by atoms with E-state index in [2.05, 4.69) is 18.2 Å². The molecule has 1 fully saturated rings. The molecule has 3 heteroatoms. The summed E-state index contributed by atoms with van der Waals surface area (Å²) in [5.74, 6) is 0.376. The maximum atomic E-state index is 11.1. The van der Waals surface area contributed by atoms with E-state index < -0.39 is 0 Å². The molecule has 1 aromatic carbocycles. The van der Waals surface area contributed by atoms with E-state index in [1.54, 1.807) is 11.3 Å². The van der Waals surface area contributed by atoms with Crippen LogP contribution in [-0.2, 0) is 4.79 Å². The summed E-state index contributed by atoms with van der Waals surface area (Å²) in [4.78, 5) is 11.1. The number of hydrogen-bond acceptors (Lipinski definition) is 3. The molecule has 0 aliphatic heterocycles. The lowest BCUT2D eigenvalue weighted by atomic mass is 9.97. The molecule has 2 nitrogen and oxygen atoms in total. The highest BCUT2D eigenvalue weighted by Gasteiger charge is 2.20. The summed E-state index contributed by atoms with van der Waals surface area (Å²) in [6, 6.07) is 10.4. The standard InChI is InChI=1S/C14H14O2S/c15-11-5-7-12(8-6-11)16-14-9-10-3-1-2-4-13(10)17-14/h1-4,9,12H,5-8H2. The normalized spacial score (nSPS) is 17.5. The summed E-state index contributed by atoms with van der Waals surface area (Å²) >= 11 is 1.68. The molecule has 1 aliphatic rings. The molecular formula is C14H14O2S. The number of carbonyl (C=O) groups is 1. The van der Waals surface area contributed by atoms with Gasteiger partial charge < -0.3 is 4.74 Å². The van der Waals surface area contributed by atoms with E-state index in [9.17, 15) is 4.79 Å². The summed E-state index contributed by atoms with van der Waals surface area (Å²) in [6.07, 6.45) is 3.31. The molecule has 0 N–H and O–H groups in total. The zero-order chi connectivity index (χ0) is 11.7. The van der Waals surface area contributed by atoms with Gasteiger partial charge in [-0.2, -0.15) is 0 Å². The molecule has 0 radical (unpaired) electrons. The second-order valence-electron chi connectivity index (χ2n) is 4.46. The van der Waals surface area contributed by atoms with Gasteiger partial charge >= 0.3 is 0 Å². The number of thiophene rings is 1. The van der Waals surface area contributed by atoms with Crippen LogP contribution in [0.3, 0.4) is 0 Å². The molecule has 0 bridgehead atoms. The molecule has 17 heavy (non-hydrogen) atoms. The Balaban J connectivity index is 1.74. The van der Waals surface area contributed by atoms with Gasteiger partial charge in [0, 0.05) is 17.5 Å². The van der Waals surface area contributed by atoms with Crippen molar-refractivity contribution in [2.75, 3.05) is 0 Å². The largest absolute Gasteiger partial charge is 0.481 e.